The lowest BCUT2D eigenvalue weighted by Gasteiger charge is -2.44. The molecule has 3 aromatic rings. The van der Waals surface area contributed by atoms with Gasteiger partial charge in [-0.15, -0.1) is 0 Å². The summed E-state index contributed by atoms with van der Waals surface area (Å²) in [4.78, 5) is 29.2. The zero-order valence-electron chi connectivity index (χ0n) is 14.6. The van der Waals surface area contributed by atoms with Gasteiger partial charge >= 0.3 is 6.18 Å². The molecule has 0 spiro atoms. The first-order valence-electron chi connectivity index (χ1n) is 8.47. The highest BCUT2D eigenvalue weighted by atomic mass is 35.5. The summed E-state index contributed by atoms with van der Waals surface area (Å²) in [5, 5.41) is 12.8. The number of amides is 1. The van der Waals surface area contributed by atoms with Crippen LogP contribution in [0, 0.1) is 0 Å². The Labute approximate surface area is 166 Å². The van der Waals surface area contributed by atoms with Crippen molar-refractivity contribution in [3.05, 3.63) is 35.9 Å². The molecule has 8 nitrogen and oxygen atoms in total. The first kappa shape index (κ1) is 19.4. The third kappa shape index (κ3) is 3.83. The summed E-state index contributed by atoms with van der Waals surface area (Å²) in [5.41, 5.74) is 1.72. The molecule has 3 aromatic heterocycles. The molecule has 4 rings (SSSR count). The Morgan fingerprint density at radius 1 is 1.38 bits per heavy atom. The summed E-state index contributed by atoms with van der Waals surface area (Å²) in [5.74, 6) is -0.680. The molecule has 1 aliphatic rings. The van der Waals surface area contributed by atoms with Crippen molar-refractivity contribution in [2.75, 3.05) is 18.0 Å². The van der Waals surface area contributed by atoms with Gasteiger partial charge in [-0.05, 0) is 6.07 Å². The molecule has 1 aliphatic heterocycles. The van der Waals surface area contributed by atoms with E-state index in [-0.39, 0.29) is 12.4 Å². The Hall–Kier alpha value is -2.92. The van der Waals surface area contributed by atoms with Gasteiger partial charge in [0.25, 0.3) is 0 Å². The number of hydrogen-bond donors (Lipinski definition) is 3. The quantitative estimate of drug-likeness (QED) is 0.588. The van der Waals surface area contributed by atoms with E-state index in [1.54, 1.807) is 17.6 Å². The summed E-state index contributed by atoms with van der Waals surface area (Å²) in [6, 6.07) is 0.533. The number of aromatic amines is 1. The SMILES string of the molecule is O=C(NCC(F)(F)F)[C@@H]1[C@@H](O)CN1c1cncc(-c2c[nH]c3ncc(Cl)cc23)n1. The number of rotatable bonds is 4. The molecule has 12 heteroatoms. The Bertz CT molecular complexity index is 1070. The van der Waals surface area contributed by atoms with Gasteiger partial charge in [0.15, 0.2) is 0 Å². The van der Waals surface area contributed by atoms with E-state index in [1.165, 1.54) is 23.5 Å². The average molecular weight is 427 g/mol. The maximum atomic E-state index is 12.4. The number of alkyl halides is 3. The molecule has 1 fully saturated rings. The van der Waals surface area contributed by atoms with Gasteiger partial charge in [-0.2, -0.15) is 13.2 Å². The largest absolute Gasteiger partial charge is 0.405 e. The second-order valence-electron chi connectivity index (χ2n) is 6.51. The van der Waals surface area contributed by atoms with Crippen LogP contribution in [0.5, 0.6) is 0 Å². The van der Waals surface area contributed by atoms with Gasteiger partial charge in [0, 0.05) is 29.9 Å². The smallest absolute Gasteiger partial charge is 0.389 e. The molecule has 152 valence electrons. The summed E-state index contributed by atoms with van der Waals surface area (Å²) < 4.78 is 37.1. The second-order valence-corrected chi connectivity index (χ2v) is 6.95. The minimum atomic E-state index is -4.54. The topological polar surface area (TPSA) is 107 Å². The number of aromatic nitrogens is 4. The number of anilines is 1. The number of H-pyrrole nitrogens is 1. The van der Waals surface area contributed by atoms with E-state index < -0.39 is 30.8 Å². The van der Waals surface area contributed by atoms with Crippen molar-refractivity contribution >= 4 is 34.4 Å². The van der Waals surface area contributed by atoms with Crippen LogP contribution >= 0.6 is 11.6 Å². The fourth-order valence-electron chi connectivity index (χ4n) is 3.14. The van der Waals surface area contributed by atoms with E-state index >= 15 is 0 Å². The molecule has 1 saturated heterocycles. The van der Waals surface area contributed by atoms with Crippen molar-refractivity contribution in [3.8, 4) is 11.3 Å². The predicted octanol–water partition coefficient (Wildman–Crippen LogP) is 1.90. The van der Waals surface area contributed by atoms with E-state index in [2.05, 4.69) is 19.9 Å². The highest BCUT2D eigenvalue weighted by molar-refractivity contribution is 6.31. The van der Waals surface area contributed by atoms with Crippen molar-refractivity contribution in [3.63, 3.8) is 0 Å². The van der Waals surface area contributed by atoms with Crippen LogP contribution in [0.1, 0.15) is 0 Å². The number of hydrogen-bond acceptors (Lipinski definition) is 6. The van der Waals surface area contributed by atoms with Gasteiger partial charge in [-0.1, -0.05) is 11.6 Å². The number of nitrogens with zero attached hydrogens (tertiary/aromatic N) is 4. The molecular formula is C17H14ClF3N6O2. The molecule has 4 heterocycles. The van der Waals surface area contributed by atoms with Crippen LogP contribution in [0.2, 0.25) is 5.02 Å². The minimum absolute atomic E-state index is 0.0451. The van der Waals surface area contributed by atoms with Crippen LogP contribution in [0.4, 0.5) is 19.0 Å². The van der Waals surface area contributed by atoms with Gasteiger partial charge in [-0.3, -0.25) is 9.78 Å². The van der Waals surface area contributed by atoms with Crippen LogP contribution in [0.15, 0.2) is 30.9 Å². The molecule has 0 bridgehead atoms. The first-order valence-corrected chi connectivity index (χ1v) is 8.85. The Morgan fingerprint density at radius 3 is 2.90 bits per heavy atom. The van der Waals surface area contributed by atoms with E-state index in [0.717, 1.165) is 0 Å². The van der Waals surface area contributed by atoms with E-state index in [9.17, 15) is 23.1 Å². The maximum Gasteiger partial charge on any atom is 0.405 e. The number of aliphatic hydroxyl groups is 1. The molecule has 1 amide bonds. The Kier molecular flexibility index (Phi) is 4.79. The van der Waals surface area contributed by atoms with Crippen molar-refractivity contribution in [1.82, 2.24) is 25.3 Å². The molecule has 0 aliphatic carbocycles. The number of nitrogens with one attached hydrogen (secondary N) is 2. The third-order valence-corrected chi connectivity index (χ3v) is 4.71. The van der Waals surface area contributed by atoms with Gasteiger partial charge in [0.1, 0.15) is 30.2 Å². The predicted molar refractivity (Wildman–Crippen MR) is 98.3 cm³/mol. The van der Waals surface area contributed by atoms with Crippen molar-refractivity contribution in [2.45, 2.75) is 18.3 Å². The van der Waals surface area contributed by atoms with Crippen LogP contribution < -0.4 is 10.2 Å². The second kappa shape index (κ2) is 7.16. The number of fused-ring (bicyclic) bond motifs is 1. The van der Waals surface area contributed by atoms with E-state index in [1.807, 2.05) is 0 Å². The molecular weight excluding hydrogens is 413 g/mol. The molecule has 0 radical (unpaired) electrons. The lowest BCUT2D eigenvalue weighted by Crippen LogP contribution is -2.67. The van der Waals surface area contributed by atoms with Gasteiger partial charge in [0.05, 0.1) is 23.1 Å². The molecule has 0 saturated carbocycles. The summed E-state index contributed by atoms with van der Waals surface area (Å²) in [6.07, 6.45) is 0.406. The molecule has 29 heavy (non-hydrogen) atoms. The standard InChI is InChI=1S/C17H14ClF3N6O2/c18-8-1-9-10(3-24-15(9)23-2-8)11-4-22-5-13(26-11)27-6-12(28)14(27)16(29)25-7-17(19,20)21/h1-5,12,14,28H,6-7H2,(H,23,24)(H,25,29)/t12-,14-/m0/s1. The van der Waals surface area contributed by atoms with Crippen molar-refractivity contribution < 1.29 is 23.1 Å². The van der Waals surface area contributed by atoms with Crippen molar-refractivity contribution in [1.29, 1.82) is 0 Å². The summed E-state index contributed by atoms with van der Waals surface area (Å²) >= 11 is 6.01. The lowest BCUT2D eigenvalue weighted by molar-refractivity contribution is -0.142. The van der Waals surface area contributed by atoms with Crippen LogP contribution in [0.25, 0.3) is 22.3 Å². The van der Waals surface area contributed by atoms with E-state index in [0.29, 0.717) is 27.3 Å². The first-order chi connectivity index (χ1) is 13.7. The highest BCUT2D eigenvalue weighted by Gasteiger charge is 2.44. The number of halogens is 4. The number of β-amino-alcohol motifs (C(OH)–C–C–N with tert-alkyl or cyclic N) is 1. The normalized spacial score (nSPS) is 19.3. The summed E-state index contributed by atoms with van der Waals surface area (Å²) in [6.45, 7) is -1.43. The lowest BCUT2D eigenvalue weighted by atomic mass is 9.98. The highest BCUT2D eigenvalue weighted by Crippen LogP contribution is 2.31. The zero-order valence-corrected chi connectivity index (χ0v) is 15.4. The molecule has 2 atom stereocenters. The maximum absolute atomic E-state index is 12.4. The molecule has 0 unspecified atom stereocenters. The van der Waals surface area contributed by atoms with E-state index in [4.69, 9.17) is 11.6 Å². The monoisotopic (exact) mass is 426 g/mol. The summed E-state index contributed by atoms with van der Waals surface area (Å²) in [7, 11) is 0. The minimum Gasteiger partial charge on any atom is -0.389 e. The van der Waals surface area contributed by atoms with Crippen LogP contribution in [0.3, 0.4) is 0 Å². The van der Waals surface area contributed by atoms with Crippen LogP contribution in [-0.2, 0) is 4.79 Å². The van der Waals surface area contributed by atoms with Gasteiger partial charge < -0.3 is 20.3 Å². The number of carbonyl (C=O) groups is 1. The average Bonchev–Trinajstić information content (AvgIpc) is 3.07. The third-order valence-electron chi connectivity index (χ3n) is 4.51. The zero-order chi connectivity index (χ0) is 20.8. The fraction of sp³-hybridized carbons (Fsp3) is 0.294. The Morgan fingerprint density at radius 2 is 2.17 bits per heavy atom. The van der Waals surface area contributed by atoms with Crippen LogP contribution in [-0.4, -0.2) is 62.4 Å². The van der Waals surface area contributed by atoms with Gasteiger partial charge in [0.2, 0.25) is 5.91 Å². The fourth-order valence-corrected chi connectivity index (χ4v) is 3.30. The molecule has 3 N–H and O–H groups in total. The molecule has 0 aromatic carbocycles. The number of aliphatic hydroxyl groups excluding tert-OH is 1. The Balaban J connectivity index is 1.60. The van der Waals surface area contributed by atoms with Crippen molar-refractivity contribution in [2.24, 2.45) is 0 Å². The number of carbonyl (C=O) groups excluding carboxylic acids is 1. The number of pyridine rings is 1. The van der Waals surface area contributed by atoms with Gasteiger partial charge in [-0.25, -0.2) is 9.97 Å².